The lowest BCUT2D eigenvalue weighted by Crippen LogP contribution is -1.95. The van der Waals surface area contributed by atoms with Gasteiger partial charge in [0.25, 0.3) is 0 Å². The van der Waals surface area contributed by atoms with E-state index in [-0.39, 0.29) is 5.97 Å². The number of hydrogen-bond donors (Lipinski definition) is 0. The smallest absolute Gasteiger partial charge is 0.330 e. The Morgan fingerprint density at radius 1 is 1.29 bits per heavy atom. The summed E-state index contributed by atoms with van der Waals surface area (Å²) < 4.78 is 4.60. The highest BCUT2D eigenvalue weighted by atomic mass is 16.5. The Hall–Kier alpha value is -1.83. The average Bonchev–Trinajstić information content (AvgIpc) is 2.38. The van der Waals surface area contributed by atoms with Gasteiger partial charge in [-0.3, -0.25) is 0 Å². The van der Waals surface area contributed by atoms with Crippen molar-refractivity contribution in [3.8, 4) is 0 Å². The van der Waals surface area contributed by atoms with Gasteiger partial charge in [0.1, 0.15) is 0 Å². The highest BCUT2D eigenvalue weighted by molar-refractivity contribution is 5.83. The van der Waals surface area contributed by atoms with Crippen LogP contribution in [0.3, 0.4) is 0 Å². The molecule has 0 heterocycles. The standard InChI is InChI=1S/C15H18O2/c1-3-13(12-15(16)17-2)10-7-11-14-8-5-4-6-9-14/h4-10,12H,3,11H2,1-2H3/b10-7+,13-12+. The SMILES string of the molecule is CCC(/C=C/Cc1ccccc1)=C\C(=O)OC. The van der Waals surface area contributed by atoms with E-state index in [1.54, 1.807) is 0 Å². The first-order valence-corrected chi connectivity index (χ1v) is 5.75. The Balaban J connectivity index is 2.57. The molecule has 0 radical (unpaired) electrons. The third kappa shape index (κ3) is 5.16. The van der Waals surface area contributed by atoms with Crippen molar-refractivity contribution in [1.82, 2.24) is 0 Å². The lowest BCUT2D eigenvalue weighted by atomic mass is 10.1. The van der Waals surface area contributed by atoms with Gasteiger partial charge < -0.3 is 4.74 Å². The summed E-state index contributed by atoms with van der Waals surface area (Å²) in [4.78, 5) is 11.1. The van der Waals surface area contributed by atoms with Crippen LogP contribution in [0.25, 0.3) is 0 Å². The number of rotatable bonds is 5. The van der Waals surface area contributed by atoms with Crippen molar-refractivity contribution in [1.29, 1.82) is 0 Å². The largest absolute Gasteiger partial charge is 0.466 e. The van der Waals surface area contributed by atoms with Gasteiger partial charge in [0.05, 0.1) is 7.11 Å². The Morgan fingerprint density at radius 3 is 2.59 bits per heavy atom. The average molecular weight is 230 g/mol. The number of carbonyl (C=O) groups excluding carboxylic acids is 1. The van der Waals surface area contributed by atoms with Gasteiger partial charge in [-0.2, -0.15) is 0 Å². The van der Waals surface area contributed by atoms with E-state index in [1.807, 2.05) is 31.2 Å². The summed E-state index contributed by atoms with van der Waals surface area (Å²) in [7, 11) is 1.39. The van der Waals surface area contributed by atoms with Gasteiger partial charge in [-0.25, -0.2) is 4.79 Å². The zero-order valence-corrected chi connectivity index (χ0v) is 10.3. The maximum Gasteiger partial charge on any atom is 0.330 e. The molecule has 2 nitrogen and oxygen atoms in total. The number of hydrogen-bond acceptors (Lipinski definition) is 2. The Kier molecular flexibility index (Phi) is 5.80. The van der Waals surface area contributed by atoms with Crippen molar-refractivity contribution in [3.05, 3.63) is 59.7 Å². The predicted molar refractivity (Wildman–Crippen MR) is 69.7 cm³/mol. The molecule has 0 N–H and O–H groups in total. The molecule has 0 aliphatic carbocycles. The Bertz CT molecular complexity index is 402. The van der Waals surface area contributed by atoms with Gasteiger partial charge >= 0.3 is 5.97 Å². The lowest BCUT2D eigenvalue weighted by Gasteiger charge is -1.98. The summed E-state index contributed by atoms with van der Waals surface area (Å²) in [6, 6.07) is 10.2. The summed E-state index contributed by atoms with van der Waals surface area (Å²) in [5.41, 5.74) is 2.24. The van der Waals surface area contributed by atoms with Gasteiger partial charge in [0, 0.05) is 6.08 Å². The number of benzene rings is 1. The molecule has 0 aromatic heterocycles. The summed E-state index contributed by atoms with van der Waals surface area (Å²) in [6.45, 7) is 2.02. The van der Waals surface area contributed by atoms with Crippen LogP contribution in [0.15, 0.2) is 54.1 Å². The molecular weight excluding hydrogens is 212 g/mol. The lowest BCUT2D eigenvalue weighted by molar-refractivity contribution is -0.134. The minimum Gasteiger partial charge on any atom is -0.466 e. The van der Waals surface area contributed by atoms with E-state index in [9.17, 15) is 4.79 Å². The monoisotopic (exact) mass is 230 g/mol. The van der Waals surface area contributed by atoms with E-state index in [4.69, 9.17) is 0 Å². The molecular formula is C15H18O2. The van der Waals surface area contributed by atoms with Crippen molar-refractivity contribution in [2.45, 2.75) is 19.8 Å². The molecule has 90 valence electrons. The van der Waals surface area contributed by atoms with Gasteiger partial charge in [0.15, 0.2) is 0 Å². The minimum absolute atomic E-state index is 0.300. The maximum absolute atomic E-state index is 11.1. The van der Waals surface area contributed by atoms with E-state index in [2.05, 4.69) is 22.9 Å². The van der Waals surface area contributed by atoms with E-state index in [0.717, 1.165) is 18.4 Å². The molecule has 1 rings (SSSR count). The predicted octanol–water partition coefficient (Wildman–Crippen LogP) is 3.29. The molecule has 0 bridgehead atoms. The summed E-state index contributed by atoms with van der Waals surface area (Å²) in [5, 5.41) is 0. The van der Waals surface area contributed by atoms with Gasteiger partial charge in [-0.05, 0) is 24.0 Å². The molecule has 17 heavy (non-hydrogen) atoms. The zero-order valence-electron chi connectivity index (χ0n) is 10.3. The second-order valence-electron chi connectivity index (χ2n) is 3.69. The van der Waals surface area contributed by atoms with Crippen molar-refractivity contribution < 1.29 is 9.53 Å². The molecule has 0 fully saturated rings. The molecule has 0 spiro atoms. The molecule has 0 saturated carbocycles. The number of carbonyl (C=O) groups is 1. The zero-order chi connectivity index (χ0) is 12.5. The van der Waals surface area contributed by atoms with Crippen molar-refractivity contribution in [2.75, 3.05) is 7.11 Å². The third-order valence-electron chi connectivity index (χ3n) is 2.44. The van der Waals surface area contributed by atoms with Crippen LogP contribution in [-0.2, 0) is 16.0 Å². The van der Waals surface area contributed by atoms with Crippen molar-refractivity contribution in [3.63, 3.8) is 0 Å². The molecule has 2 heteroatoms. The highest BCUT2D eigenvalue weighted by Gasteiger charge is 1.96. The molecule has 1 aromatic rings. The number of allylic oxidation sites excluding steroid dienone is 3. The molecule has 0 atom stereocenters. The Labute approximate surface area is 103 Å². The normalized spacial score (nSPS) is 11.8. The second kappa shape index (κ2) is 7.44. The van der Waals surface area contributed by atoms with E-state index >= 15 is 0 Å². The summed E-state index contributed by atoms with van der Waals surface area (Å²) >= 11 is 0. The van der Waals surface area contributed by atoms with Gasteiger partial charge in [-0.15, -0.1) is 0 Å². The highest BCUT2D eigenvalue weighted by Crippen LogP contribution is 2.06. The fourth-order valence-electron chi connectivity index (χ4n) is 1.44. The molecule has 1 aromatic carbocycles. The van der Waals surface area contributed by atoms with Gasteiger partial charge in [0.2, 0.25) is 0 Å². The molecule has 0 aliphatic heterocycles. The van der Waals surface area contributed by atoms with Crippen molar-refractivity contribution in [2.24, 2.45) is 0 Å². The van der Waals surface area contributed by atoms with Gasteiger partial charge in [-0.1, -0.05) is 49.4 Å². The fourth-order valence-corrected chi connectivity index (χ4v) is 1.44. The van der Waals surface area contributed by atoms with Crippen molar-refractivity contribution >= 4 is 5.97 Å². The van der Waals surface area contributed by atoms with E-state index < -0.39 is 0 Å². The Morgan fingerprint density at radius 2 is 2.00 bits per heavy atom. The molecule has 0 saturated heterocycles. The van der Waals surface area contributed by atoms with Crippen LogP contribution in [0.5, 0.6) is 0 Å². The third-order valence-corrected chi connectivity index (χ3v) is 2.44. The first-order chi connectivity index (χ1) is 8.26. The van der Waals surface area contributed by atoms with Crippen LogP contribution >= 0.6 is 0 Å². The minimum atomic E-state index is -0.300. The fraction of sp³-hybridized carbons (Fsp3) is 0.267. The molecule has 0 unspecified atom stereocenters. The van der Waals surface area contributed by atoms with Crippen LogP contribution in [0.4, 0.5) is 0 Å². The number of methoxy groups -OCH3 is 1. The van der Waals surface area contributed by atoms with Crippen LogP contribution in [0.2, 0.25) is 0 Å². The van der Waals surface area contributed by atoms with Crippen LogP contribution in [0, 0.1) is 0 Å². The maximum atomic E-state index is 11.1. The summed E-state index contributed by atoms with van der Waals surface area (Å²) in [6.07, 6.45) is 7.26. The molecule has 0 amide bonds. The summed E-state index contributed by atoms with van der Waals surface area (Å²) in [5.74, 6) is -0.300. The van der Waals surface area contributed by atoms with Crippen LogP contribution in [0.1, 0.15) is 18.9 Å². The topological polar surface area (TPSA) is 26.3 Å². The van der Waals surface area contributed by atoms with E-state index in [1.165, 1.54) is 18.7 Å². The molecule has 0 aliphatic rings. The van der Waals surface area contributed by atoms with Crippen LogP contribution < -0.4 is 0 Å². The first-order valence-electron chi connectivity index (χ1n) is 5.75. The second-order valence-corrected chi connectivity index (χ2v) is 3.69. The van der Waals surface area contributed by atoms with E-state index in [0.29, 0.717) is 0 Å². The quantitative estimate of drug-likeness (QED) is 0.441. The first kappa shape index (κ1) is 13.2. The number of ether oxygens (including phenoxy) is 1. The van der Waals surface area contributed by atoms with Crippen LogP contribution in [-0.4, -0.2) is 13.1 Å². The number of esters is 1.